The minimum atomic E-state index is 0.369. The summed E-state index contributed by atoms with van der Waals surface area (Å²) in [6.07, 6.45) is 2.05. The van der Waals surface area contributed by atoms with Crippen LogP contribution in [0.4, 0.5) is 5.82 Å². The molecule has 0 unspecified atom stereocenters. The van der Waals surface area contributed by atoms with E-state index in [-0.39, 0.29) is 0 Å². The average Bonchev–Trinajstić information content (AvgIpc) is 2.21. The number of aromatic nitrogens is 2. The molecule has 1 N–H and O–H groups in total. The summed E-state index contributed by atoms with van der Waals surface area (Å²) in [5.74, 6) is 2.26. The Morgan fingerprint density at radius 3 is 2.47 bits per heavy atom. The van der Waals surface area contributed by atoms with Crippen molar-refractivity contribution in [3.63, 3.8) is 0 Å². The van der Waals surface area contributed by atoms with Crippen LogP contribution in [0.2, 0.25) is 0 Å². The highest BCUT2D eigenvalue weighted by Crippen LogP contribution is 2.25. The van der Waals surface area contributed by atoms with Crippen LogP contribution in [0.3, 0.4) is 0 Å². The van der Waals surface area contributed by atoms with E-state index in [0.717, 1.165) is 28.8 Å². The number of rotatable bonds is 4. The van der Waals surface area contributed by atoms with Gasteiger partial charge in [0.25, 0.3) is 0 Å². The Bertz CT molecular complexity index is 337. The summed E-state index contributed by atoms with van der Waals surface area (Å²) in [6.45, 7) is 9.27. The summed E-state index contributed by atoms with van der Waals surface area (Å²) in [5.41, 5.74) is 1.15. The van der Waals surface area contributed by atoms with E-state index in [1.54, 1.807) is 11.8 Å². The maximum atomic E-state index is 4.55. The van der Waals surface area contributed by atoms with E-state index >= 15 is 0 Å². The second-order valence-corrected chi connectivity index (χ2v) is 4.54. The summed E-state index contributed by atoms with van der Waals surface area (Å²) in [5, 5.41) is 4.36. The van der Waals surface area contributed by atoms with E-state index in [1.807, 2.05) is 0 Å². The van der Waals surface area contributed by atoms with Gasteiger partial charge in [0.15, 0.2) is 0 Å². The van der Waals surface area contributed by atoms with E-state index in [2.05, 4.69) is 49.2 Å². The van der Waals surface area contributed by atoms with Gasteiger partial charge in [-0.05, 0) is 20.1 Å². The smallest absolute Gasteiger partial charge is 0.134 e. The van der Waals surface area contributed by atoms with Crippen molar-refractivity contribution in [3.05, 3.63) is 11.4 Å². The Balaban J connectivity index is 3.19. The Kier molecular flexibility index (Phi) is 4.39. The van der Waals surface area contributed by atoms with Gasteiger partial charge in [-0.15, -0.1) is 11.8 Å². The van der Waals surface area contributed by atoms with Gasteiger partial charge in [-0.2, -0.15) is 0 Å². The number of hydrogen-bond acceptors (Lipinski definition) is 4. The van der Waals surface area contributed by atoms with Gasteiger partial charge in [0.2, 0.25) is 0 Å². The number of hydrogen-bond donors (Lipinski definition) is 1. The van der Waals surface area contributed by atoms with Gasteiger partial charge in [0.1, 0.15) is 16.7 Å². The van der Waals surface area contributed by atoms with Crippen LogP contribution in [0, 0.1) is 6.92 Å². The lowest BCUT2D eigenvalue weighted by Crippen LogP contribution is -2.08. The molecule has 15 heavy (non-hydrogen) atoms. The number of nitrogens with one attached hydrogen (secondary N) is 1. The topological polar surface area (TPSA) is 37.8 Å². The zero-order valence-corrected chi connectivity index (χ0v) is 10.9. The van der Waals surface area contributed by atoms with Gasteiger partial charge >= 0.3 is 0 Å². The Morgan fingerprint density at radius 2 is 2.00 bits per heavy atom. The summed E-state index contributed by atoms with van der Waals surface area (Å²) in [4.78, 5) is 9.08. The third kappa shape index (κ3) is 2.84. The third-order valence-electron chi connectivity index (χ3n) is 2.17. The summed E-state index contributed by atoms with van der Waals surface area (Å²) in [7, 11) is 0. The second-order valence-electron chi connectivity index (χ2n) is 3.75. The number of nitrogens with zero attached hydrogens (tertiary/aromatic N) is 2. The van der Waals surface area contributed by atoms with Crippen molar-refractivity contribution in [1.29, 1.82) is 0 Å². The average molecular weight is 225 g/mol. The van der Waals surface area contributed by atoms with Crippen molar-refractivity contribution in [3.8, 4) is 0 Å². The molecular formula is C11H19N3S. The first-order valence-corrected chi connectivity index (χ1v) is 6.49. The van der Waals surface area contributed by atoms with Crippen LogP contribution in [0.1, 0.15) is 38.1 Å². The standard InChI is InChI=1S/C11H19N3S/c1-6-12-10-8(4)11(15-5)14-9(13-10)7(2)3/h7H,6H2,1-5H3,(H,12,13,14). The molecule has 0 aromatic carbocycles. The minimum absolute atomic E-state index is 0.369. The fourth-order valence-electron chi connectivity index (χ4n) is 1.31. The Morgan fingerprint density at radius 1 is 1.33 bits per heavy atom. The van der Waals surface area contributed by atoms with E-state index in [4.69, 9.17) is 0 Å². The van der Waals surface area contributed by atoms with E-state index < -0.39 is 0 Å². The molecule has 4 heteroatoms. The molecule has 0 saturated heterocycles. The normalized spacial score (nSPS) is 10.8. The number of thioether (sulfide) groups is 1. The van der Waals surface area contributed by atoms with Crippen LogP contribution in [-0.4, -0.2) is 22.8 Å². The van der Waals surface area contributed by atoms with Crippen LogP contribution < -0.4 is 5.32 Å². The van der Waals surface area contributed by atoms with Crippen LogP contribution in [-0.2, 0) is 0 Å². The molecule has 0 atom stereocenters. The van der Waals surface area contributed by atoms with E-state index in [1.165, 1.54) is 0 Å². The lowest BCUT2D eigenvalue weighted by atomic mass is 10.2. The molecule has 0 fully saturated rings. The largest absolute Gasteiger partial charge is 0.370 e. The van der Waals surface area contributed by atoms with Gasteiger partial charge in [0, 0.05) is 18.0 Å². The van der Waals surface area contributed by atoms with Crippen molar-refractivity contribution >= 4 is 17.6 Å². The molecule has 1 aromatic heterocycles. The van der Waals surface area contributed by atoms with Crippen LogP contribution in [0.15, 0.2) is 5.03 Å². The summed E-state index contributed by atoms with van der Waals surface area (Å²) in [6, 6.07) is 0. The lowest BCUT2D eigenvalue weighted by molar-refractivity contribution is 0.749. The highest BCUT2D eigenvalue weighted by molar-refractivity contribution is 7.98. The predicted molar refractivity (Wildman–Crippen MR) is 66.8 cm³/mol. The first-order chi connectivity index (χ1) is 7.10. The van der Waals surface area contributed by atoms with Gasteiger partial charge in [0.05, 0.1) is 0 Å². The first-order valence-electron chi connectivity index (χ1n) is 5.26. The fraction of sp³-hybridized carbons (Fsp3) is 0.636. The molecule has 0 saturated carbocycles. The molecule has 1 aromatic rings. The van der Waals surface area contributed by atoms with Gasteiger partial charge < -0.3 is 5.32 Å². The molecule has 0 spiro atoms. The zero-order chi connectivity index (χ0) is 11.4. The highest BCUT2D eigenvalue weighted by Gasteiger charge is 2.11. The molecule has 0 bridgehead atoms. The van der Waals surface area contributed by atoms with Crippen molar-refractivity contribution in [2.75, 3.05) is 18.1 Å². The van der Waals surface area contributed by atoms with Crippen molar-refractivity contribution in [2.24, 2.45) is 0 Å². The quantitative estimate of drug-likeness (QED) is 0.631. The summed E-state index contributed by atoms with van der Waals surface area (Å²) < 4.78 is 0. The molecule has 3 nitrogen and oxygen atoms in total. The molecular weight excluding hydrogens is 206 g/mol. The minimum Gasteiger partial charge on any atom is -0.370 e. The molecule has 84 valence electrons. The van der Waals surface area contributed by atoms with Gasteiger partial charge in [-0.1, -0.05) is 13.8 Å². The lowest BCUT2D eigenvalue weighted by Gasteiger charge is -2.13. The van der Waals surface area contributed by atoms with Crippen molar-refractivity contribution < 1.29 is 0 Å². The highest BCUT2D eigenvalue weighted by atomic mass is 32.2. The summed E-state index contributed by atoms with van der Waals surface area (Å²) >= 11 is 1.68. The van der Waals surface area contributed by atoms with Gasteiger partial charge in [-0.25, -0.2) is 9.97 Å². The maximum Gasteiger partial charge on any atom is 0.134 e. The van der Waals surface area contributed by atoms with Crippen LogP contribution in [0.5, 0.6) is 0 Å². The van der Waals surface area contributed by atoms with E-state index in [9.17, 15) is 0 Å². The molecule has 0 aliphatic carbocycles. The third-order valence-corrected chi connectivity index (χ3v) is 2.96. The van der Waals surface area contributed by atoms with Gasteiger partial charge in [-0.3, -0.25) is 0 Å². The molecule has 0 amide bonds. The zero-order valence-electron chi connectivity index (χ0n) is 10.1. The maximum absolute atomic E-state index is 4.55. The molecule has 0 radical (unpaired) electrons. The number of anilines is 1. The van der Waals surface area contributed by atoms with Crippen molar-refractivity contribution in [2.45, 2.75) is 38.6 Å². The Hall–Kier alpha value is -0.770. The molecule has 1 rings (SSSR count). The first kappa shape index (κ1) is 12.3. The van der Waals surface area contributed by atoms with Crippen LogP contribution in [0.25, 0.3) is 0 Å². The van der Waals surface area contributed by atoms with Crippen molar-refractivity contribution in [1.82, 2.24) is 9.97 Å². The monoisotopic (exact) mass is 225 g/mol. The molecule has 0 aliphatic rings. The molecule has 1 heterocycles. The predicted octanol–water partition coefficient (Wildman–Crippen LogP) is 3.06. The SMILES string of the molecule is CCNc1nc(C(C)C)nc(SC)c1C. The van der Waals surface area contributed by atoms with Crippen LogP contribution >= 0.6 is 11.8 Å². The second kappa shape index (κ2) is 5.35. The Labute approximate surface area is 96.1 Å². The fourth-order valence-corrected chi connectivity index (χ4v) is 1.90. The van der Waals surface area contributed by atoms with E-state index in [0.29, 0.717) is 5.92 Å². The molecule has 0 aliphatic heterocycles.